The molecule has 0 radical (unpaired) electrons. The SMILES string of the molecule is CC(C)C1CC(=O)N(S(=O)(=O)c2cnccc2Cl)C1. The summed E-state index contributed by atoms with van der Waals surface area (Å²) in [6.07, 6.45) is 2.84. The molecule has 1 amide bonds. The molecule has 1 aliphatic heterocycles. The monoisotopic (exact) mass is 302 g/mol. The lowest BCUT2D eigenvalue weighted by Gasteiger charge is -2.18. The van der Waals surface area contributed by atoms with E-state index in [1.807, 2.05) is 13.8 Å². The highest BCUT2D eigenvalue weighted by molar-refractivity contribution is 7.89. The van der Waals surface area contributed by atoms with Crippen LogP contribution in [-0.4, -0.2) is 30.2 Å². The smallest absolute Gasteiger partial charge is 0.269 e. The Morgan fingerprint density at radius 2 is 2.16 bits per heavy atom. The van der Waals surface area contributed by atoms with Crippen molar-refractivity contribution in [3.8, 4) is 0 Å². The summed E-state index contributed by atoms with van der Waals surface area (Å²) < 4.78 is 25.7. The maximum atomic E-state index is 12.4. The summed E-state index contributed by atoms with van der Waals surface area (Å²) in [5.41, 5.74) is 0. The number of halogens is 1. The Morgan fingerprint density at radius 3 is 2.68 bits per heavy atom. The van der Waals surface area contributed by atoms with Crippen LogP contribution in [-0.2, 0) is 14.8 Å². The van der Waals surface area contributed by atoms with Crippen LogP contribution < -0.4 is 0 Å². The van der Waals surface area contributed by atoms with E-state index >= 15 is 0 Å². The predicted octanol–water partition coefficient (Wildman–Crippen LogP) is 1.93. The molecule has 1 aromatic heterocycles. The summed E-state index contributed by atoms with van der Waals surface area (Å²) in [6.45, 7) is 4.17. The third kappa shape index (κ3) is 2.60. The number of hydrogen-bond donors (Lipinski definition) is 0. The predicted molar refractivity (Wildman–Crippen MR) is 71.1 cm³/mol. The first kappa shape index (κ1) is 14.3. The second-order valence-corrected chi connectivity index (χ2v) is 7.18. The number of aromatic nitrogens is 1. The summed E-state index contributed by atoms with van der Waals surface area (Å²) in [6, 6.07) is 1.40. The van der Waals surface area contributed by atoms with Crippen molar-refractivity contribution in [2.24, 2.45) is 11.8 Å². The van der Waals surface area contributed by atoms with Crippen LogP contribution in [0.1, 0.15) is 20.3 Å². The third-order valence-electron chi connectivity index (χ3n) is 3.36. The first-order chi connectivity index (χ1) is 8.84. The van der Waals surface area contributed by atoms with Gasteiger partial charge in [-0.1, -0.05) is 25.4 Å². The Labute approximate surface area is 117 Å². The van der Waals surface area contributed by atoms with Crippen LogP contribution in [0.2, 0.25) is 5.02 Å². The molecule has 1 saturated heterocycles. The van der Waals surface area contributed by atoms with Crippen molar-refractivity contribution < 1.29 is 13.2 Å². The molecule has 104 valence electrons. The summed E-state index contributed by atoms with van der Waals surface area (Å²) in [5.74, 6) is -0.0649. The Kier molecular flexibility index (Phi) is 3.82. The number of carbonyl (C=O) groups is 1. The Bertz CT molecular complexity index is 601. The van der Waals surface area contributed by atoms with Gasteiger partial charge in [0.05, 0.1) is 5.02 Å². The molecule has 0 saturated carbocycles. The van der Waals surface area contributed by atoms with E-state index < -0.39 is 10.0 Å². The van der Waals surface area contributed by atoms with E-state index in [1.54, 1.807) is 0 Å². The minimum atomic E-state index is -3.90. The maximum Gasteiger partial charge on any atom is 0.269 e. The second-order valence-electron chi connectivity index (χ2n) is 4.94. The van der Waals surface area contributed by atoms with Gasteiger partial charge in [0.2, 0.25) is 5.91 Å². The topological polar surface area (TPSA) is 67.3 Å². The van der Waals surface area contributed by atoms with Gasteiger partial charge < -0.3 is 0 Å². The highest BCUT2D eigenvalue weighted by Gasteiger charge is 2.40. The van der Waals surface area contributed by atoms with Crippen molar-refractivity contribution >= 4 is 27.5 Å². The zero-order valence-electron chi connectivity index (χ0n) is 10.7. The van der Waals surface area contributed by atoms with Gasteiger partial charge in [-0.05, 0) is 17.9 Å². The zero-order valence-corrected chi connectivity index (χ0v) is 12.3. The van der Waals surface area contributed by atoms with Crippen LogP contribution in [0, 0.1) is 11.8 Å². The molecule has 0 aromatic carbocycles. The number of hydrogen-bond acceptors (Lipinski definition) is 4. The molecule has 2 rings (SSSR count). The molecule has 1 unspecified atom stereocenters. The summed E-state index contributed by atoms with van der Waals surface area (Å²) in [7, 11) is -3.90. The van der Waals surface area contributed by atoms with Crippen molar-refractivity contribution in [2.45, 2.75) is 25.2 Å². The minimum Gasteiger partial charge on any atom is -0.274 e. The fourth-order valence-electron chi connectivity index (χ4n) is 2.06. The van der Waals surface area contributed by atoms with Gasteiger partial charge in [-0.2, -0.15) is 0 Å². The van der Waals surface area contributed by atoms with Gasteiger partial charge in [-0.25, -0.2) is 12.7 Å². The highest BCUT2D eigenvalue weighted by atomic mass is 35.5. The fourth-order valence-corrected chi connectivity index (χ4v) is 3.93. The van der Waals surface area contributed by atoms with E-state index in [0.717, 1.165) is 4.31 Å². The molecule has 7 heteroatoms. The van der Waals surface area contributed by atoms with Gasteiger partial charge in [0.15, 0.2) is 0 Å². The molecular weight excluding hydrogens is 288 g/mol. The Balaban J connectivity index is 2.37. The van der Waals surface area contributed by atoms with Crippen molar-refractivity contribution in [3.05, 3.63) is 23.5 Å². The van der Waals surface area contributed by atoms with E-state index in [1.165, 1.54) is 18.5 Å². The van der Waals surface area contributed by atoms with Gasteiger partial charge in [0.1, 0.15) is 4.90 Å². The number of pyridine rings is 1. The van der Waals surface area contributed by atoms with Crippen LogP contribution in [0.5, 0.6) is 0 Å². The van der Waals surface area contributed by atoms with Crippen LogP contribution in [0.25, 0.3) is 0 Å². The van der Waals surface area contributed by atoms with Crippen molar-refractivity contribution in [1.29, 1.82) is 0 Å². The second kappa shape index (κ2) is 5.09. The van der Waals surface area contributed by atoms with Gasteiger partial charge in [-0.3, -0.25) is 9.78 Å². The molecule has 0 aliphatic carbocycles. The summed E-state index contributed by atoms with van der Waals surface area (Å²) in [4.78, 5) is 15.5. The fraction of sp³-hybridized carbons (Fsp3) is 0.500. The quantitative estimate of drug-likeness (QED) is 0.855. The molecular formula is C12H15ClN2O3S. The average molecular weight is 303 g/mol. The molecule has 1 aromatic rings. The first-order valence-corrected chi connectivity index (χ1v) is 7.81. The van der Waals surface area contributed by atoms with E-state index in [0.29, 0.717) is 0 Å². The molecule has 0 spiro atoms. The maximum absolute atomic E-state index is 12.4. The standard InChI is InChI=1S/C12H15ClN2O3S/c1-8(2)9-5-12(16)15(7-9)19(17,18)11-6-14-4-3-10(11)13/h3-4,6,8-9H,5,7H2,1-2H3. The van der Waals surface area contributed by atoms with E-state index in [-0.39, 0.29) is 40.6 Å². The first-order valence-electron chi connectivity index (χ1n) is 5.99. The molecule has 1 fully saturated rings. The number of sulfonamides is 1. The third-order valence-corrected chi connectivity index (χ3v) is 5.62. The van der Waals surface area contributed by atoms with Crippen molar-refractivity contribution in [1.82, 2.24) is 9.29 Å². The molecule has 0 bridgehead atoms. The minimum absolute atomic E-state index is 0.0534. The van der Waals surface area contributed by atoms with Crippen LogP contribution in [0.3, 0.4) is 0 Å². The van der Waals surface area contributed by atoms with Gasteiger partial charge in [-0.15, -0.1) is 0 Å². The molecule has 2 heterocycles. The van der Waals surface area contributed by atoms with Crippen LogP contribution in [0.4, 0.5) is 0 Å². The van der Waals surface area contributed by atoms with Crippen molar-refractivity contribution in [3.63, 3.8) is 0 Å². The van der Waals surface area contributed by atoms with Gasteiger partial charge >= 0.3 is 0 Å². The molecule has 5 nitrogen and oxygen atoms in total. The summed E-state index contributed by atoms with van der Waals surface area (Å²) in [5, 5.41) is 0.0794. The van der Waals surface area contributed by atoms with Crippen molar-refractivity contribution in [2.75, 3.05) is 6.54 Å². The molecule has 1 aliphatic rings. The highest BCUT2D eigenvalue weighted by Crippen LogP contribution is 2.31. The zero-order chi connectivity index (χ0) is 14.2. The number of amides is 1. The number of nitrogens with zero attached hydrogens (tertiary/aromatic N) is 2. The van der Waals surface area contributed by atoms with Crippen LogP contribution >= 0.6 is 11.6 Å². The largest absolute Gasteiger partial charge is 0.274 e. The lowest BCUT2D eigenvalue weighted by atomic mass is 9.95. The Hall–Kier alpha value is -1.14. The number of rotatable bonds is 3. The lowest BCUT2D eigenvalue weighted by Crippen LogP contribution is -2.33. The lowest BCUT2D eigenvalue weighted by molar-refractivity contribution is -0.123. The average Bonchev–Trinajstić information content (AvgIpc) is 2.72. The van der Waals surface area contributed by atoms with E-state index in [2.05, 4.69) is 4.98 Å². The molecule has 1 atom stereocenters. The molecule has 0 N–H and O–H groups in total. The normalized spacial score (nSPS) is 20.3. The van der Waals surface area contributed by atoms with E-state index in [4.69, 9.17) is 11.6 Å². The number of carbonyl (C=O) groups excluding carboxylic acids is 1. The van der Waals surface area contributed by atoms with Gasteiger partial charge in [0, 0.05) is 25.4 Å². The van der Waals surface area contributed by atoms with Crippen LogP contribution in [0.15, 0.2) is 23.4 Å². The molecule has 19 heavy (non-hydrogen) atoms. The van der Waals surface area contributed by atoms with E-state index in [9.17, 15) is 13.2 Å². The Morgan fingerprint density at radius 1 is 1.47 bits per heavy atom. The van der Waals surface area contributed by atoms with Gasteiger partial charge in [0.25, 0.3) is 10.0 Å². The summed E-state index contributed by atoms with van der Waals surface area (Å²) >= 11 is 5.88.